The standard InChI is InChI=1S/C19H12F4O2/c1-10-15(8-11-2-4-12(5-3-11)19(21,22)23)18(25)14-7-6-13(20)9-16(14)17(10)24/h2-7,9H,8H2,1H3. The van der Waals surface area contributed by atoms with Crippen LogP contribution in [0.2, 0.25) is 0 Å². The summed E-state index contributed by atoms with van der Waals surface area (Å²) in [5.41, 5.74) is 0.215. The van der Waals surface area contributed by atoms with Gasteiger partial charge < -0.3 is 0 Å². The Morgan fingerprint density at radius 2 is 1.52 bits per heavy atom. The van der Waals surface area contributed by atoms with Crippen molar-refractivity contribution < 1.29 is 27.2 Å². The molecule has 0 N–H and O–H groups in total. The average Bonchev–Trinajstić information content (AvgIpc) is 2.56. The number of ketones is 2. The first-order valence-electron chi connectivity index (χ1n) is 7.43. The second kappa shape index (κ2) is 5.95. The Bertz CT molecular complexity index is 906. The van der Waals surface area contributed by atoms with Crippen LogP contribution in [0.25, 0.3) is 0 Å². The number of carbonyl (C=O) groups excluding carboxylic acids is 2. The Morgan fingerprint density at radius 3 is 2.12 bits per heavy atom. The molecule has 0 saturated heterocycles. The number of hydrogen-bond acceptors (Lipinski definition) is 2. The van der Waals surface area contributed by atoms with Crippen molar-refractivity contribution in [1.82, 2.24) is 0 Å². The number of allylic oxidation sites excluding steroid dienone is 2. The van der Waals surface area contributed by atoms with E-state index in [0.717, 1.165) is 24.3 Å². The number of rotatable bonds is 2. The van der Waals surface area contributed by atoms with E-state index in [-0.39, 0.29) is 28.7 Å². The maximum Gasteiger partial charge on any atom is 0.416 e. The lowest BCUT2D eigenvalue weighted by atomic mass is 9.82. The number of carbonyl (C=O) groups is 2. The summed E-state index contributed by atoms with van der Waals surface area (Å²) in [6.07, 6.45) is -4.40. The van der Waals surface area contributed by atoms with Crippen LogP contribution < -0.4 is 0 Å². The first-order chi connectivity index (χ1) is 11.7. The summed E-state index contributed by atoms with van der Waals surface area (Å²) >= 11 is 0. The Hall–Kier alpha value is -2.76. The molecule has 0 spiro atoms. The molecule has 0 saturated carbocycles. The van der Waals surface area contributed by atoms with Crippen LogP contribution in [0.4, 0.5) is 17.6 Å². The Kier molecular flexibility index (Phi) is 4.06. The molecule has 0 aliphatic heterocycles. The molecule has 3 rings (SSSR count). The van der Waals surface area contributed by atoms with Gasteiger partial charge in [-0.3, -0.25) is 9.59 Å². The van der Waals surface area contributed by atoms with E-state index in [1.54, 1.807) is 0 Å². The molecule has 0 atom stereocenters. The van der Waals surface area contributed by atoms with Crippen molar-refractivity contribution in [2.75, 3.05) is 0 Å². The summed E-state index contributed by atoms with van der Waals surface area (Å²) in [6.45, 7) is 1.47. The number of alkyl halides is 3. The normalized spacial score (nSPS) is 14.8. The predicted octanol–water partition coefficient (Wildman–Crippen LogP) is 4.78. The van der Waals surface area contributed by atoms with Gasteiger partial charge in [-0.05, 0) is 42.8 Å². The van der Waals surface area contributed by atoms with Crippen molar-refractivity contribution in [3.8, 4) is 0 Å². The molecular weight excluding hydrogens is 336 g/mol. The van der Waals surface area contributed by atoms with Crippen LogP contribution in [0, 0.1) is 5.82 Å². The molecule has 1 aliphatic rings. The van der Waals surface area contributed by atoms with E-state index in [1.807, 2.05) is 0 Å². The smallest absolute Gasteiger partial charge is 0.289 e. The third-order valence-corrected chi connectivity index (χ3v) is 4.20. The maximum atomic E-state index is 13.3. The molecule has 0 heterocycles. The third kappa shape index (κ3) is 3.12. The van der Waals surface area contributed by atoms with Crippen molar-refractivity contribution in [3.63, 3.8) is 0 Å². The first kappa shape index (κ1) is 17.1. The Morgan fingerprint density at radius 1 is 0.880 bits per heavy atom. The lowest BCUT2D eigenvalue weighted by Crippen LogP contribution is -2.22. The monoisotopic (exact) mass is 348 g/mol. The molecule has 1 aliphatic carbocycles. The molecule has 2 aromatic carbocycles. The van der Waals surface area contributed by atoms with Gasteiger partial charge in [-0.25, -0.2) is 4.39 Å². The highest BCUT2D eigenvalue weighted by molar-refractivity contribution is 6.26. The highest BCUT2D eigenvalue weighted by atomic mass is 19.4. The molecule has 0 amide bonds. The summed E-state index contributed by atoms with van der Waals surface area (Å²) in [4.78, 5) is 25.0. The van der Waals surface area contributed by atoms with Crippen LogP contribution in [-0.4, -0.2) is 11.6 Å². The Labute approximate surface area is 140 Å². The molecule has 0 unspecified atom stereocenters. The van der Waals surface area contributed by atoms with E-state index >= 15 is 0 Å². The molecule has 0 radical (unpaired) electrons. The molecule has 0 aromatic heterocycles. The van der Waals surface area contributed by atoms with Crippen LogP contribution >= 0.6 is 0 Å². The summed E-state index contributed by atoms with van der Waals surface area (Å²) in [6, 6.07) is 7.80. The van der Waals surface area contributed by atoms with Gasteiger partial charge in [0.1, 0.15) is 5.82 Å². The minimum Gasteiger partial charge on any atom is -0.289 e. The summed E-state index contributed by atoms with van der Waals surface area (Å²) in [7, 11) is 0. The van der Waals surface area contributed by atoms with Crippen molar-refractivity contribution in [2.45, 2.75) is 19.5 Å². The first-order valence-corrected chi connectivity index (χ1v) is 7.43. The lowest BCUT2D eigenvalue weighted by Gasteiger charge is -2.19. The summed E-state index contributed by atoms with van der Waals surface area (Å²) in [5, 5.41) is 0. The summed E-state index contributed by atoms with van der Waals surface area (Å²) < 4.78 is 51.2. The maximum absolute atomic E-state index is 13.3. The minimum atomic E-state index is -4.44. The molecule has 2 aromatic rings. The Balaban J connectivity index is 1.95. The highest BCUT2D eigenvalue weighted by Crippen LogP contribution is 2.31. The number of halogens is 4. The fraction of sp³-hybridized carbons (Fsp3) is 0.158. The van der Waals surface area contributed by atoms with Gasteiger partial charge in [0, 0.05) is 28.7 Å². The number of hydrogen-bond donors (Lipinski definition) is 0. The molecule has 6 heteroatoms. The molecule has 2 nitrogen and oxygen atoms in total. The SMILES string of the molecule is CC1=C(Cc2ccc(C(F)(F)F)cc2)C(=O)c2ccc(F)cc2C1=O. The van der Waals surface area contributed by atoms with Gasteiger partial charge in [-0.15, -0.1) is 0 Å². The molecule has 128 valence electrons. The minimum absolute atomic E-state index is 0.0127. The van der Waals surface area contributed by atoms with Crippen molar-refractivity contribution in [3.05, 3.63) is 81.7 Å². The van der Waals surface area contributed by atoms with Gasteiger partial charge in [0.2, 0.25) is 0 Å². The number of benzene rings is 2. The van der Waals surface area contributed by atoms with Gasteiger partial charge >= 0.3 is 6.18 Å². The van der Waals surface area contributed by atoms with Crippen molar-refractivity contribution >= 4 is 11.6 Å². The average molecular weight is 348 g/mol. The fourth-order valence-electron chi connectivity index (χ4n) is 2.80. The van der Waals surface area contributed by atoms with E-state index < -0.39 is 29.1 Å². The molecule has 0 bridgehead atoms. The second-order valence-corrected chi connectivity index (χ2v) is 5.82. The van der Waals surface area contributed by atoms with Crippen LogP contribution in [-0.2, 0) is 12.6 Å². The number of fused-ring (bicyclic) bond motifs is 1. The zero-order chi connectivity index (χ0) is 18.4. The molecular formula is C19H12F4O2. The predicted molar refractivity (Wildman–Crippen MR) is 82.9 cm³/mol. The molecule has 0 fully saturated rings. The van der Waals surface area contributed by atoms with Crippen LogP contribution in [0.3, 0.4) is 0 Å². The van der Waals surface area contributed by atoms with Gasteiger partial charge in [-0.2, -0.15) is 13.2 Å². The van der Waals surface area contributed by atoms with E-state index in [1.165, 1.54) is 25.1 Å². The second-order valence-electron chi connectivity index (χ2n) is 5.82. The largest absolute Gasteiger partial charge is 0.416 e. The fourth-order valence-corrected chi connectivity index (χ4v) is 2.80. The van der Waals surface area contributed by atoms with Gasteiger partial charge in [0.15, 0.2) is 11.6 Å². The lowest BCUT2D eigenvalue weighted by molar-refractivity contribution is -0.137. The topological polar surface area (TPSA) is 34.1 Å². The zero-order valence-corrected chi connectivity index (χ0v) is 13.1. The zero-order valence-electron chi connectivity index (χ0n) is 13.1. The number of Topliss-reactive ketones (excluding diaryl/α,β-unsaturated/α-hetero) is 2. The van der Waals surface area contributed by atoms with E-state index in [4.69, 9.17) is 0 Å². The van der Waals surface area contributed by atoms with Crippen molar-refractivity contribution in [2.24, 2.45) is 0 Å². The van der Waals surface area contributed by atoms with Crippen LogP contribution in [0.5, 0.6) is 0 Å². The highest BCUT2D eigenvalue weighted by Gasteiger charge is 2.31. The van der Waals surface area contributed by atoms with Gasteiger partial charge in [-0.1, -0.05) is 12.1 Å². The molecule has 25 heavy (non-hydrogen) atoms. The summed E-state index contributed by atoms with van der Waals surface area (Å²) in [5.74, 6) is -1.47. The van der Waals surface area contributed by atoms with Gasteiger partial charge in [0.05, 0.1) is 5.56 Å². The van der Waals surface area contributed by atoms with Crippen LogP contribution in [0.15, 0.2) is 53.6 Å². The van der Waals surface area contributed by atoms with Crippen molar-refractivity contribution in [1.29, 1.82) is 0 Å². The van der Waals surface area contributed by atoms with Gasteiger partial charge in [0.25, 0.3) is 0 Å². The van der Waals surface area contributed by atoms with Crippen LogP contribution in [0.1, 0.15) is 38.8 Å². The van der Waals surface area contributed by atoms with E-state index in [2.05, 4.69) is 0 Å². The van der Waals surface area contributed by atoms with E-state index in [0.29, 0.717) is 5.56 Å². The van der Waals surface area contributed by atoms with E-state index in [9.17, 15) is 27.2 Å². The quantitative estimate of drug-likeness (QED) is 0.732. The third-order valence-electron chi connectivity index (χ3n) is 4.20.